The average molecular weight is 140 g/mol. The van der Waals surface area contributed by atoms with Gasteiger partial charge in [0.15, 0.2) is 5.76 Å². The lowest BCUT2D eigenvalue weighted by atomic mass is 10.2. The number of rotatable bonds is 2. The molecule has 1 heterocycles. The molecule has 1 rings (SSSR count). The highest BCUT2D eigenvalue weighted by molar-refractivity contribution is 5.49. The van der Waals surface area contributed by atoms with Gasteiger partial charge in [-0.2, -0.15) is 0 Å². The molecule has 0 atom stereocenters. The van der Waals surface area contributed by atoms with E-state index >= 15 is 0 Å². The molecule has 0 aliphatic rings. The molecule has 0 amide bonds. The number of hydrogen-bond donors (Lipinski definition) is 1. The van der Waals surface area contributed by atoms with Crippen molar-refractivity contribution in [3.63, 3.8) is 0 Å². The zero-order valence-electron chi connectivity index (χ0n) is 6.56. The molecule has 1 aromatic rings. The van der Waals surface area contributed by atoms with Crippen LogP contribution in [0.2, 0.25) is 0 Å². The summed E-state index contributed by atoms with van der Waals surface area (Å²) in [6.45, 7) is 3.95. The molecular formula is C7H12N2O. The van der Waals surface area contributed by atoms with Gasteiger partial charge in [-0.15, -0.1) is 0 Å². The summed E-state index contributed by atoms with van der Waals surface area (Å²) < 4.78 is 4.96. The van der Waals surface area contributed by atoms with Gasteiger partial charge in [-0.25, -0.2) is 0 Å². The number of aryl methyl sites for hydroxylation is 2. The van der Waals surface area contributed by atoms with E-state index in [-0.39, 0.29) is 0 Å². The van der Waals surface area contributed by atoms with Crippen molar-refractivity contribution in [2.75, 3.05) is 12.4 Å². The number of nitrogens with zero attached hydrogens (tertiary/aromatic N) is 1. The van der Waals surface area contributed by atoms with Gasteiger partial charge in [0.05, 0.1) is 0 Å². The second-order valence-corrected chi connectivity index (χ2v) is 2.16. The topological polar surface area (TPSA) is 38.1 Å². The minimum absolute atomic E-state index is 0.861. The molecule has 10 heavy (non-hydrogen) atoms. The highest BCUT2D eigenvalue weighted by Gasteiger charge is 2.07. The quantitative estimate of drug-likeness (QED) is 0.677. The molecule has 0 saturated heterocycles. The Hall–Kier alpha value is -0.990. The van der Waals surface area contributed by atoms with Crippen LogP contribution in [-0.4, -0.2) is 12.2 Å². The number of anilines is 1. The summed E-state index contributed by atoms with van der Waals surface area (Å²) in [5.41, 5.74) is 2.03. The minimum atomic E-state index is 0.861. The Morgan fingerprint density at radius 1 is 1.60 bits per heavy atom. The normalized spacial score (nSPS) is 9.90. The lowest BCUT2D eigenvalue weighted by Crippen LogP contribution is -1.92. The second kappa shape index (κ2) is 2.73. The van der Waals surface area contributed by atoms with Crippen LogP contribution in [0.4, 0.5) is 5.69 Å². The standard InChI is InChI=1S/C7H12N2O/c1-4-6-7(8-3)5(2)10-9-6/h8H,4H2,1-3H3. The molecule has 0 aromatic carbocycles. The molecule has 3 heteroatoms. The van der Waals surface area contributed by atoms with Crippen molar-refractivity contribution >= 4 is 5.69 Å². The van der Waals surface area contributed by atoms with Gasteiger partial charge in [-0.1, -0.05) is 12.1 Å². The van der Waals surface area contributed by atoms with E-state index in [1.165, 1.54) is 0 Å². The zero-order chi connectivity index (χ0) is 7.56. The Balaban J connectivity index is 3.01. The molecule has 0 fully saturated rings. The lowest BCUT2D eigenvalue weighted by molar-refractivity contribution is 0.391. The van der Waals surface area contributed by atoms with Gasteiger partial charge in [-0.05, 0) is 13.3 Å². The fourth-order valence-electron chi connectivity index (χ4n) is 0.980. The van der Waals surface area contributed by atoms with Crippen LogP contribution in [0.5, 0.6) is 0 Å². The van der Waals surface area contributed by atoms with E-state index in [0.29, 0.717) is 0 Å². The molecule has 3 nitrogen and oxygen atoms in total. The van der Waals surface area contributed by atoms with Crippen LogP contribution in [0.25, 0.3) is 0 Å². The van der Waals surface area contributed by atoms with Gasteiger partial charge in [-0.3, -0.25) is 0 Å². The van der Waals surface area contributed by atoms with Crippen molar-refractivity contribution in [2.24, 2.45) is 0 Å². The summed E-state index contributed by atoms with van der Waals surface area (Å²) in [5, 5.41) is 6.91. The molecule has 0 bridgehead atoms. The van der Waals surface area contributed by atoms with Crippen LogP contribution < -0.4 is 5.32 Å². The van der Waals surface area contributed by atoms with Gasteiger partial charge in [0.1, 0.15) is 11.4 Å². The van der Waals surface area contributed by atoms with Gasteiger partial charge >= 0.3 is 0 Å². The van der Waals surface area contributed by atoms with Crippen molar-refractivity contribution in [3.05, 3.63) is 11.5 Å². The van der Waals surface area contributed by atoms with Crippen molar-refractivity contribution < 1.29 is 4.52 Å². The van der Waals surface area contributed by atoms with Crippen molar-refractivity contribution in [1.29, 1.82) is 0 Å². The second-order valence-electron chi connectivity index (χ2n) is 2.16. The molecule has 1 N–H and O–H groups in total. The first-order chi connectivity index (χ1) is 4.79. The first kappa shape index (κ1) is 7.12. The maximum atomic E-state index is 4.96. The van der Waals surface area contributed by atoms with Crippen LogP contribution in [0.1, 0.15) is 18.4 Å². The summed E-state index contributed by atoms with van der Waals surface area (Å²) in [6.07, 6.45) is 0.910. The molecule has 0 radical (unpaired) electrons. The monoisotopic (exact) mass is 140 g/mol. The molecule has 0 unspecified atom stereocenters. The Bertz CT molecular complexity index is 217. The summed E-state index contributed by atoms with van der Waals surface area (Å²) in [5.74, 6) is 0.861. The molecule has 0 spiro atoms. The highest BCUT2D eigenvalue weighted by atomic mass is 16.5. The SMILES string of the molecule is CCc1noc(C)c1NC. The Kier molecular flexibility index (Phi) is 1.94. The predicted molar refractivity (Wildman–Crippen MR) is 40.2 cm³/mol. The third-order valence-electron chi connectivity index (χ3n) is 1.52. The average Bonchev–Trinajstić information content (AvgIpc) is 2.30. The summed E-state index contributed by atoms with van der Waals surface area (Å²) >= 11 is 0. The third-order valence-corrected chi connectivity index (χ3v) is 1.52. The molecule has 0 aliphatic carbocycles. The van der Waals surface area contributed by atoms with Crippen LogP contribution in [-0.2, 0) is 6.42 Å². The molecular weight excluding hydrogens is 128 g/mol. The molecule has 0 aliphatic heterocycles. The van der Waals surface area contributed by atoms with E-state index < -0.39 is 0 Å². The minimum Gasteiger partial charge on any atom is -0.384 e. The van der Waals surface area contributed by atoms with Gasteiger partial charge in [0.25, 0.3) is 0 Å². The van der Waals surface area contributed by atoms with Gasteiger partial charge in [0, 0.05) is 7.05 Å². The van der Waals surface area contributed by atoms with Crippen LogP contribution >= 0.6 is 0 Å². The van der Waals surface area contributed by atoms with Crippen LogP contribution in [0, 0.1) is 6.92 Å². The van der Waals surface area contributed by atoms with Gasteiger partial charge in [0.2, 0.25) is 0 Å². The number of hydrogen-bond acceptors (Lipinski definition) is 3. The van der Waals surface area contributed by atoms with Crippen LogP contribution in [0.15, 0.2) is 4.52 Å². The van der Waals surface area contributed by atoms with E-state index in [0.717, 1.165) is 23.6 Å². The van der Waals surface area contributed by atoms with E-state index in [4.69, 9.17) is 4.52 Å². The fraction of sp³-hybridized carbons (Fsp3) is 0.571. The summed E-state index contributed by atoms with van der Waals surface area (Å²) in [6, 6.07) is 0. The predicted octanol–water partition coefficient (Wildman–Crippen LogP) is 1.59. The molecule has 56 valence electrons. The molecule has 1 aromatic heterocycles. The molecule has 0 saturated carbocycles. The third kappa shape index (κ3) is 0.988. The number of nitrogens with one attached hydrogen (secondary N) is 1. The summed E-state index contributed by atoms with van der Waals surface area (Å²) in [4.78, 5) is 0. The Morgan fingerprint density at radius 3 is 2.70 bits per heavy atom. The first-order valence-corrected chi connectivity index (χ1v) is 3.42. The van der Waals surface area contributed by atoms with Crippen molar-refractivity contribution in [2.45, 2.75) is 20.3 Å². The van der Waals surface area contributed by atoms with Crippen molar-refractivity contribution in [3.8, 4) is 0 Å². The first-order valence-electron chi connectivity index (χ1n) is 3.42. The highest BCUT2D eigenvalue weighted by Crippen LogP contribution is 2.18. The largest absolute Gasteiger partial charge is 0.384 e. The Morgan fingerprint density at radius 2 is 2.30 bits per heavy atom. The van der Waals surface area contributed by atoms with Crippen LogP contribution in [0.3, 0.4) is 0 Å². The van der Waals surface area contributed by atoms with E-state index in [2.05, 4.69) is 17.4 Å². The summed E-state index contributed by atoms with van der Waals surface area (Å²) in [7, 11) is 1.87. The van der Waals surface area contributed by atoms with Gasteiger partial charge < -0.3 is 9.84 Å². The maximum Gasteiger partial charge on any atom is 0.156 e. The number of aromatic nitrogens is 1. The fourth-order valence-corrected chi connectivity index (χ4v) is 0.980. The maximum absolute atomic E-state index is 4.96. The zero-order valence-corrected chi connectivity index (χ0v) is 6.56. The van der Waals surface area contributed by atoms with E-state index in [9.17, 15) is 0 Å². The van der Waals surface area contributed by atoms with Crippen molar-refractivity contribution in [1.82, 2.24) is 5.16 Å². The lowest BCUT2D eigenvalue weighted by Gasteiger charge is -1.95. The Labute approximate surface area is 60.4 Å². The van der Waals surface area contributed by atoms with E-state index in [1.807, 2.05) is 14.0 Å². The van der Waals surface area contributed by atoms with E-state index in [1.54, 1.807) is 0 Å². The smallest absolute Gasteiger partial charge is 0.156 e.